The number of likely N-dealkylation sites (tertiary alicyclic amines) is 1. The Morgan fingerprint density at radius 2 is 2.04 bits per heavy atom. The summed E-state index contributed by atoms with van der Waals surface area (Å²) in [5, 5.41) is 9.21. The maximum atomic E-state index is 12.7. The van der Waals surface area contributed by atoms with Crippen LogP contribution in [0.1, 0.15) is 31.4 Å². The van der Waals surface area contributed by atoms with Crippen molar-refractivity contribution in [3.63, 3.8) is 0 Å². The van der Waals surface area contributed by atoms with E-state index in [-0.39, 0.29) is 18.9 Å². The maximum absolute atomic E-state index is 12.7. The number of carbonyl (C=O) groups is 2. The summed E-state index contributed by atoms with van der Waals surface area (Å²) in [6.45, 7) is 3.74. The normalized spacial score (nSPS) is 22.5. The van der Waals surface area contributed by atoms with E-state index in [1.807, 2.05) is 0 Å². The van der Waals surface area contributed by atoms with Crippen LogP contribution in [0.15, 0.2) is 24.3 Å². The number of halogens is 3. The number of alkyl halides is 3. The molecule has 0 aromatic heterocycles. The van der Waals surface area contributed by atoms with Gasteiger partial charge in [0.15, 0.2) is 0 Å². The zero-order chi connectivity index (χ0) is 18.1. The quantitative estimate of drug-likeness (QED) is 0.913. The molecule has 4 nitrogen and oxygen atoms in total. The summed E-state index contributed by atoms with van der Waals surface area (Å²) in [4.78, 5) is 25.2. The Labute approximate surface area is 138 Å². The number of rotatable bonds is 4. The summed E-state index contributed by atoms with van der Waals surface area (Å²) in [5.74, 6) is -1.68. The van der Waals surface area contributed by atoms with Gasteiger partial charge < -0.3 is 10.0 Å². The molecule has 1 aromatic carbocycles. The fraction of sp³-hybridized carbons (Fsp3) is 0.529. The lowest BCUT2D eigenvalue weighted by molar-refractivity contribution is -0.147. The molecule has 2 rings (SSSR count). The molecule has 1 aliphatic heterocycles. The molecule has 1 fully saturated rings. The third kappa shape index (κ3) is 3.88. The van der Waals surface area contributed by atoms with Crippen molar-refractivity contribution < 1.29 is 27.9 Å². The van der Waals surface area contributed by atoms with Crippen molar-refractivity contribution in [2.75, 3.05) is 13.1 Å². The lowest BCUT2D eigenvalue weighted by Crippen LogP contribution is -2.37. The summed E-state index contributed by atoms with van der Waals surface area (Å²) < 4.78 is 38.2. The van der Waals surface area contributed by atoms with Gasteiger partial charge in [0, 0.05) is 19.0 Å². The molecule has 1 saturated heterocycles. The van der Waals surface area contributed by atoms with Crippen molar-refractivity contribution in [2.45, 2.75) is 32.9 Å². The molecule has 1 N–H and O–H groups in total. The van der Waals surface area contributed by atoms with Gasteiger partial charge in [-0.15, -0.1) is 0 Å². The number of benzene rings is 1. The Kier molecular flexibility index (Phi) is 4.92. The molecule has 0 radical (unpaired) electrons. The fourth-order valence-corrected chi connectivity index (χ4v) is 2.95. The van der Waals surface area contributed by atoms with Gasteiger partial charge in [-0.25, -0.2) is 0 Å². The van der Waals surface area contributed by atoms with Crippen LogP contribution in [0.2, 0.25) is 0 Å². The van der Waals surface area contributed by atoms with Crippen LogP contribution in [0, 0.1) is 11.3 Å². The third-order valence-corrected chi connectivity index (χ3v) is 4.52. The number of hydrogen-bond donors (Lipinski definition) is 1. The zero-order valence-corrected chi connectivity index (χ0v) is 13.6. The van der Waals surface area contributed by atoms with E-state index in [0.29, 0.717) is 18.5 Å². The predicted octanol–water partition coefficient (Wildman–Crippen LogP) is 3.21. The molecule has 0 bridgehead atoms. The second-order valence-corrected chi connectivity index (χ2v) is 6.68. The SMILES string of the molecule is CC(Cc1cccc(C(F)(F)F)c1)C(=O)N1CCC(C)(C(=O)O)C1. The molecule has 0 spiro atoms. The molecule has 1 aromatic rings. The van der Waals surface area contributed by atoms with Gasteiger partial charge in [-0.05, 0) is 31.4 Å². The highest BCUT2D eigenvalue weighted by Gasteiger charge is 2.42. The third-order valence-electron chi connectivity index (χ3n) is 4.52. The summed E-state index contributed by atoms with van der Waals surface area (Å²) in [7, 11) is 0. The van der Waals surface area contributed by atoms with Crippen LogP contribution < -0.4 is 0 Å². The van der Waals surface area contributed by atoms with Crippen molar-refractivity contribution in [3.05, 3.63) is 35.4 Å². The summed E-state index contributed by atoms with van der Waals surface area (Å²) >= 11 is 0. The topological polar surface area (TPSA) is 57.6 Å². The molecule has 1 amide bonds. The molecule has 24 heavy (non-hydrogen) atoms. The zero-order valence-electron chi connectivity index (χ0n) is 13.6. The smallest absolute Gasteiger partial charge is 0.416 e. The minimum absolute atomic E-state index is 0.133. The maximum Gasteiger partial charge on any atom is 0.416 e. The van der Waals surface area contributed by atoms with Gasteiger partial charge in [0.05, 0.1) is 11.0 Å². The predicted molar refractivity (Wildman–Crippen MR) is 81.3 cm³/mol. The van der Waals surface area contributed by atoms with Gasteiger partial charge in [0.2, 0.25) is 5.91 Å². The number of nitrogens with zero attached hydrogens (tertiary/aromatic N) is 1. The standard InChI is InChI=1S/C17H20F3NO3/c1-11(8-12-4-3-5-13(9-12)17(18,19)20)14(22)21-7-6-16(2,10-21)15(23)24/h3-5,9,11H,6-8,10H2,1-2H3,(H,23,24). The van der Waals surface area contributed by atoms with Crippen LogP contribution in [0.3, 0.4) is 0 Å². The second kappa shape index (κ2) is 6.45. The Morgan fingerprint density at radius 1 is 1.38 bits per heavy atom. The number of aliphatic carboxylic acids is 1. The van der Waals surface area contributed by atoms with Crippen LogP contribution in [-0.4, -0.2) is 35.0 Å². The average Bonchev–Trinajstić information content (AvgIpc) is 2.90. The molecule has 1 heterocycles. The highest BCUT2D eigenvalue weighted by molar-refractivity contribution is 5.82. The van der Waals surface area contributed by atoms with Crippen molar-refractivity contribution >= 4 is 11.9 Å². The number of hydrogen-bond acceptors (Lipinski definition) is 2. The lowest BCUT2D eigenvalue weighted by atomic mass is 9.90. The highest BCUT2D eigenvalue weighted by Crippen LogP contribution is 2.32. The molecule has 0 saturated carbocycles. The average molecular weight is 343 g/mol. The van der Waals surface area contributed by atoms with E-state index in [1.165, 1.54) is 11.0 Å². The molecule has 2 atom stereocenters. The Morgan fingerprint density at radius 3 is 2.58 bits per heavy atom. The van der Waals surface area contributed by atoms with Crippen LogP contribution in [0.5, 0.6) is 0 Å². The summed E-state index contributed by atoms with van der Waals surface area (Å²) in [6, 6.07) is 4.93. The van der Waals surface area contributed by atoms with Crippen molar-refractivity contribution in [3.8, 4) is 0 Å². The van der Waals surface area contributed by atoms with Crippen LogP contribution in [0.4, 0.5) is 13.2 Å². The van der Waals surface area contributed by atoms with E-state index < -0.39 is 29.0 Å². The first-order valence-corrected chi connectivity index (χ1v) is 7.71. The molecule has 0 aliphatic carbocycles. The Hall–Kier alpha value is -2.05. The Bertz CT molecular complexity index is 644. The second-order valence-electron chi connectivity index (χ2n) is 6.68. The molecular formula is C17H20F3NO3. The van der Waals surface area contributed by atoms with Gasteiger partial charge in [0.1, 0.15) is 0 Å². The van der Waals surface area contributed by atoms with E-state index in [1.54, 1.807) is 19.9 Å². The van der Waals surface area contributed by atoms with Crippen molar-refractivity contribution in [1.29, 1.82) is 0 Å². The minimum atomic E-state index is -4.42. The fourth-order valence-electron chi connectivity index (χ4n) is 2.95. The van der Waals surface area contributed by atoms with E-state index in [9.17, 15) is 27.9 Å². The molecule has 2 unspecified atom stereocenters. The monoisotopic (exact) mass is 343 g/mol. The highest BCUT2D eigenvalue weighted by atomic mass is 19.4. The van der Waals surface area contributed by atoms with Crippen molar-refractivity contribution in [2.24, 2.45) is 11.3 Å². The summed E-state index contributed by atoms with van der Waals surface area (Å²) in [6.07, 6.45) is -3.85. The largest absolute Gasteiger partial charge is 0.481 e. The Balaban J connectivity index is 2.04. The van der Waals surface area contributed by atoms with Gasteiger partial charge >= 0.3 is 12.1 Å². The summed E-state index contributed by atoms with van der Waals surface area (Å²) in [5.41, 5.74) is -1.25. The molecule has 132 valence electrons. The van der Waals surface area contributed by atoms with Gasteiger partial charge in [-0.3, -0.25) is 9.59 Å². The van der Waals surface area contributed by atoms with Crippen LogP contribution in [-0.2, 0) is 22.2 Å². The molecule has 7 heteroatoms. The minimum Gasteiger partial charge on any atom is -0.481 e. The van der Waals surface area contributed by atoms with Gasteiger partial charge in [0.25, 0.3) is 0 Å². The molecule has 1 aliphatic rings. The number of amides is 1. The first-order valence-electron chi connectivity index (χ1n) is 7.71. The van der Waals surface area contributed by atoms with E-state index in [2.05, 4.69) is 0 Å². The molecular weight excluding hydrogens is 323 g/mol. The number of carboxylic acids is 1. The van der Waals surface area contributed by atoms with E-state index in [0.717, 1.165) is 12.1 Å². The number of carbonyl (C=O) groups excluding carboxylic acids is 1. The van der Waals surface area contributed by atoms with Gasteiger partial charge in [-0.2, -0.15) is 13.2 Å². The first kappa shape index (κ1) is 18.3. The lowest BCUT2D eigenvalue weighted by Gasteiger charge is -2.23. The van der Waals surface area contributed by atoms with E-state index in [4.69, 9.17) is 0 Å². The van der Waals surface area contributed by atoms with Gasteiger partial charge in [-0.1, -0.05) is 25.1 Å². The van der Waals surface area contributed by atoms with E-state index >= 15 is 0 Å². The first-order chi connectivity index (χ1) is 11.0. The van der Waals surface area contributed by atoms with Crippen LogP contribution >= 0.6 is 0 Å². The number of carboxylic acid groups (broad SMARTS) is 1. The van der Waals surface area contributed by atoms with Crippen molar-refractivity contribution in [1.82, 2.24) is 4.90 Å². The van der Waals surface area contributed by atoms with Crippen LogP contribution in [0.25, 0.3) is 0 Å².